The highest BCUT2D eigenvalue weighted by Crippen LogP contribution is 2.34. The van der Waals surface area contributed by atoms with Crippen molar-refractivity contribution in [2.45, 2.75) is 13.5 Å². The summed E-state index contributed by atoms with van der Waals surface area (Å²) >= 11 is 1.01. The number of amides is 2. The summed E-state index contributed by atoms with van der Waals surface area (Å²) < 4.78 is 0. The van der Waals surface area contributed by atoms with Gasteiger partial charge in [-0.15, -0.1) is 0 Å². The first-order valence-corrected chi connectivity index (χ1v) is 9.22. The normalized spacial score (nSPS) is 16.0. The second-order valence-electron chi connectivity index (χ2n) is 6.33. The second-order valence-corrected chi connectivity index (χ2v) is 7.32. The maximum absolute atomic E-state index is 12.8. The minimum absolute atomic E-state index is 0.219. The summed E-state index contributed by atoms with van der Waals surface area (Å²) in [6, 6.07) is 21.9. The average molecular weight is 359 g/mol. The summed E-state index contributed by atoms with van der Waals surface area (Å²) in [7, 11) is 0. The minimum Gasteiger partial charge on any atom is -0.268 e. The number of thioether (sulfide) groups is 1. The molecule has 3 aromatic rings. The zero-order chi connectivity index (χ0) is 18.1. The Kier molecular flexibility index (Phi) is 4.35. The molecule has 0 radical (unpaired) electrons. The number of nitrogens with zero attached hydrogens (tertiary/aromatic N) is 1. The van der Waals surface area contributed by atoms with Gasteiger partial charge in [-0.25, -0.2) is 0 Å². The van der Waals surface area contributed by atoms with Gasteiger partial charge in [0.1, 0.15) is 0 Å². The van der Waals surface area contributed by atoms with Gasteiger partial charge in [0, 0.05) is 0 Å². The molecule has 3 aromatic carbocycles. The Morgan fingerprint density at radius 2 is 1.73 bits per heavy atom. The SMILES string of the molecule is Cc1cccc(CN2C(=O)S/C(=C/c3cccc4ccccc34)C2=O)c1. The van der Waals surface area contributed by atoms with Gasteiger partial charge >= 0.3 is 0 Å². The molecule has 4 heteroatoms. The molecule has 0 aromatic heterocycles. The molecular weight excluding hydrogens is 342 g/mol. The largest absolute Gasteiger partial charge is 0.293 e. The van der Waals surface area contributed by atoms with Gasteiger partial charge in [0.25, 0.3) is 11.1 Å². The summed E-state index contributed by atoms with van der Waals surface area (Å²) in [5, 5.41) is 1.96. The van der Waals surface area contributed by atoms with Crippen molar-refractivity contribution >= 4 is 39.8 Å². The molecule has 1 heterocycles. The highest BCUT2D eigenvalue weighted by Gasteiger charge is 2.35. The number of rotatable bonds is 3. The third kappa shape index (κ3) is 3.16. The zero-order valence-electron chi connectivity index (χ0n) is 14.3. The molecule has 0 saturated carbocycles. The maximum atomic E-state index is 12.8. The van der Waals surface area contributed by atoms with Crippen LogP contribution in [0.4, 0.5) is 4.79 Å². The van der Waals surface area contributed by atoms with Crippen molar-refractivity contribution in [3.05, 3.63) is 88.3 Å². The fourth-order valence-electron chi connectivity index (χ4n) is 3.15. The lowest BCUT2D eigenvalue weighted by molar-refractivity contribution is -0.123. The van der Waals surface area contributed by atoms with E-state index in [0.717, 1.165) is 39.2 Å². The van der Waals surface area contributed by atoms with Crippen LogP contribution in [0, 0.1) is 6.92 Å². The lowest BCUT2D eigenvalue weighted by atomic mass is 10.0. The van der Waals surface area contributed by atoms with Gasteiger partial charge in [-0.3, -0.25) is 14.5 Å². The standard InChI is InChI=1S/C22H17NO2S/c1-15-6-4-7-16(12-15)14-23-21(24)20(26-22(23)25)13-18-10-5-9-17-8-2-3-11-19(17)18/h2-13H,14H2,1H3/b20-13+. The topological polar surface area (TPSA) is 37.4 Å². The summed E-state index contributed by atoms with van der Waals surface area (Å²) in [5.41, 5.74) is 3.02. The van der Waals surface area contributed by atoms with Crippen LogP contribution in [0.5, 0.6) is 0 Å². The van der Waals surface area contributed by atoms with E-state index >= 15 is 0 Å². The molecule has 4 rings (SSSR count). The van der Waals surface area contributed by atoms with Gasteiger partial charge in [0.2, 0.25) is 0 Å². The Labute approximate surface area is 156 Å². The van der Waals surface area contributed by atoms with Crippen LogP contribution in [-0.4, -0.2) is 16.0 Å². The van der Waals surface area contributed by atoms with Crippen molar-refractivity contribution in [3.63, 3.8) is 0 Å². The maximum Gasteiger partial charge on any atom is 0.293 e. The van der Waals surface area contributed by atoms with Crippen molar-refractivity contribution in [3.8, 4) is 0 Å². The summed E-state index contributed by atoms with van der Waals surface area (Å²) in [5.74, 6) is -0.227. The number of imide groups is 1. The highest BCUT2D eigenvalue weighted by molar-refractivity contribution is 8.18. The number of hydrogen-bond donors (Lipinski definition) is 0. The summed E-state index contributed by atoms with van der Waals surface area (Å²) in [4.78, 5) is 26.9. The molecule has 0 aliphatic carbocycles. The Balaban J connectivity index is 1.65. The molecule has 2 amide bonds. The van der Waals surface area contributed by atoms with E-state index < -0.39 is 0 Å². The fraction of sp³-hybridized carbons (Fsp3) is 0.0909. The first-order valence-electron chi connectivity index (χ1n) is 8.40. The molecule has 1 fully saturated rings. The molecule has 0 unspecified atom stereocenters. The van der Waals surface area contributed by atoms with E-state index in [0.29, 0.717) is 11.4 Å². The van der Waals surface area contributed by atoms with Crippen molar-refractivity contribution in [2.75, 3.05) is 0 Å². The third-order valence-electron chi connectivity index (χ3n) is 4.41. The van der Waals surface area contributed by atoms with Crippen molar-refractivity contribution in [2.24, 2.45) is 0 Å². The van der Waals surface area contributed by atoms with Gasteiger partial charge in [0.15, 0.2) is 0 Å². The van der Waals surface area contributed by atoms with E-state index in [1.807, 2.05) is 79.7 Å². The van der Waals surface area contributed by atoms with Gasteiger partial charge in [-0.2, -0.15) is 0 Å². The molecule has 1 aliphatic heterocycles. The lowest BCUT2D eigenvalue weighted by Crippen LogP contribution is -2.27. The molecular formula is C22H17NO2S. The van der Waals surface area contributed by atoms with Gasteiger partial charge in [0.05, 0.1) is 11.4 Å². The van der Waals surface area contributed by atoms with Crippen LogP contribution in [0.25, 0.3) is 16.8 Å². The molecule has 0 N–H and O–H groups in total. The number of fused-ring (bicyclic) bond motifs is 1. The Morgan fingerprint density at radius 3 is 2.58 bits per heavy atom. The van der Waals surface area contributed by atoms with Crippen LogP contribution in [0.3, 0.4) is 0 Å². The number of carbonyl (C=O) groups excluding carboxylic acids is 2. The van der Waals surface area contributed by atoms with Crippen LogP contribution in [0.1, 0.15) is 16.7 Å². The van der Waals surface area contributed by atoms with E-state index in [9.17, 15) is 9.59 Å². The molecule has 1 saturated heterocycles. The average Bonchev–Trinajstić information content (AvgIpc) is 2.90. The monoisotopic (exact) mass is 359 g/mol. The molecule has 0 spiro atoms. The first-order chi connectivity index (χ1) is 12.6. The predicted octanol–water partition coefficient (Wildman–Crippen LogP) is 5.38. The van der Waals surface area contributed by atoms with Crippen LogP contribution in [0.2, 0.25) is 0 Å². The van der Waals surface area contributed by atoms with E-state index in [1.54, 1.807) is 0 Å². The first kappa shape index (κ1) is 16.6. The van der Waals surface area contributed by atoms with E-state index in [4.69, 9.17) is 0 Å². The quantitative estimate of drug-likeness (QED) is 0.589. The number of hydrogen-bond acceptors (Lipinski definition) is 3. The predicted molar refractivity (Wildman–Crippen MR) is 107 cm³/mol. The van der Waals surface area contributed by atoms with Crippen LogP contribution >= 0.6 is 11.8 Å². The molecule has 0 atom stereocenters. The van der Waals surface area contributed by atoms with Gasteiger partial charge in [-0.1, -0.05) is 72.3 Å². The second kappa shape index (κ2) is 6.81. The highest BCUT2D eigenvalue weighted by atomic mass is 32.2. The number of benzene rings is 3. The Morgan fingerprint density at radius 1 is 0.962 bits per heavy atom. The smallest absolute Gasteiger partial charge is 0.268 e. The number of carbonyl (C=O) groups is 2. The van der Waals surface area contributed by atoms with E-state index in [2.05, 4.69) is 0 Å². The Hall–Kier alpha value is -2.85. The van der Waals surface area contributed by atoms with Crippen LogP contribution in [0.15, 0.2) is 71.6 Å². The Bertz CT molecular complexity index is 1050. The summed E-state index contributed by atoms with van der Waals surface area (Å²) in [6.07, 6.45) is 1.82. The van der Waals surface area contributed by atoms with Crippen molar-refractivity contribution < 1.29 is 9.59 Å². The van der Waals surface area contributed by atoms with Crippen LogP contribution < -0.4 is 0 Å². The minimum atomic E-state index is -0.227. The van der Waals surface area contributed by atoms with Crippen molar-refractivity contribution in [1.29, 1.82) is 0 Å². The zero-order valence-corrected chi connectivity index (χ0v) is 15.1. The number of aryl methyl sites for hydroxylation is 1. The molecule has 0 bridgehead atoms. The van der Waals surface area contributed by atoms with E-state index in [1.165, 1.54) is 4.90 Å². The third-order valence-corrected chi connectivity index (χ3v) is 5.31. The van der Waals surface area contributed by atoms with Gasteiger partial charge < -0.3 is 0 Å². The molecule has 1 aliphatic rings. The fourth-order valence-corrected chi connectivity index (χ4v) is 3.98. The van der Waals surface area contributed by atoms with Crippen molar-refractivity contribution in [1.82, 2.24) is 4.90 Å². The molecule has 3 nitrogen and oxygen atoms in total. The molecule has 26 heavy (non-hydrogen) atoms. The van der Waals surface area contributed by atoms with Crippen LogP contribution in [-0.2, 0) is 11.3 Å². The van der Waals surface area contributed by atoms with E-state index in [-0.39, 0.29) is 11.1 Å². The van der Waals surface area contributed by atoms with Gasteiger partial charge in [-0.05, 0) is 46.7 Å². The lowest BCUT2D eigenvalue weighted by Gasteiger charge is -2.12. The summed E-state index contributed by atoms with van der Waals surface area (Å²) in [6.45, 7) is 2.30. The molecule has 128 valence electrons.